The predicted molar refractivity (Wildman–Crippen MR) is 84.1 cm³/mol. The molecule has 1 saturated heterocycles. The molecular formula is C15H24ClN3O2. The zero-order chi connectivity index (χ0) is 15.2. The van der Waals surface area contributed by atoms with Gasteiger partial charge in [-0.25, -0.2) is 4.98 Å². The maximum Gasteiger partial charge on any atom is 0.318 e. The Balaban J connectivity index is 2.02. The fraction of sp³-hybridized carbons (Fsp3) is 0.733. The summed E-state index contributed by atoms with van der Waals surface area (Å²) in [6.45, 7) is 5.22. The van der Waals surface area contributed by atoms with E-state index in [0.717, 1.165) is 32.3 Å². The minimum atomic E-state index is 0.314. The quantitative estimate of drug-likeness (QED) is 0.870. The molecule has 1 aliphatic heterocycles. The van der Waals surface area contributed by atoms with Crippen molar-refractivity contribution < 1.29 is 9.47 Å². The number of halogens is 1. The van der Waals surface area contributed by atoms with E-state index in [1.807, 2.05) is 0 Å². The fourth-order valence-electron chi connectivity index (χ4n) is 2.85. The zero-order valence-corrected chi connectivity index (χ0v) is 13.7. The highest BCUT2D eigenvalue weighted by Crippen LogP contribution is 2.28. The van der Waals surface area contributed by atoms with Gasteiger partial charge in [0.25, 0.3) is 0 Å². The molecule has 2 heterocycles. The molecule has 6 heteroatoms. The number of anilines is 1. The summed E-state index contributed by atoms with van der Waals surface area (Å²) in [5.41, 5.74) is 0. The van der Waals surface area contributed by atoms with E-state index in [1.165, 1.54) is 0 Å². The monoisotopic (exact) mass is 313 g/mol. The fourth-order valence-corrected chi connectivity index (χ4v) is 2.99. The van der Waals surface area contributed by atoms with Crippen molar-refractivity contribution in [1.29, 1.82) is 0 Å². The minimum absolute atomic E-state index is 0.314. The van der Waals surface area contributed by atoms with Gasteiger partial charge < -0.3 is 14.8 Å². The third-order valence-corrected chi connectivity index (χ3v) is 4.41. The standard InChI is InChI=1S/C15H24ClN3O2/c1-4-10(5-2)13-8-11(6-7-21-13)18-14-12(16)9-17-15(19-14)20-3/h9-11,13H,4-8H2,1-3H3,(H,17,18,19). The largest absolute Gasteiger partial charge is 0.467 e. The summed E-state index contributed by atoms with van der Waals surface area (Å²) in [5.74, 6) is 1.25. The third kappa shape index (κ3) is 4.20. The Bertz CT molecular complexity index is 455. The van der Waals surface area contributed by atoms with Crippen molar-refractivity contribution in [3.63, 3.8) is 0 Å². The molecule has 0 aromatic carbocycles. The molecule has 2 unspecified atom stereocenters. The smallest absolute Gasteiger partial charge is 0.318 e. The van der Waals surface area contributed by atoms with Gasteiger partial charge >= 0.3 is 6.01 Å². The number of aromatic nitrogens is 2. The SMILES string of the molecule is CCC(CC)C1CC(Nc2nc(OC)ncc2Cl)CCO1. The van der Waals surface area contributed by atoms with Gasteiger partial charge in [-0.2, -0.15) is 4.98 Å². The highest BCUT2D eigenvalue weighted by molar-refractivity contribution is 6.32. The number of rotatable bonds is 6. The maximum atomic E-state index is 6.15. The first kappa shape index (κ1) is 16.3. The van der Waals surface area contributed by atoms with Crippen LogP contribution in [0.4, 0.5) is 5.82 Å². The molecule has 2 rings (SSSR count). The average Bonchev–Trinajstić information content (AvgIpc) is 2.51. The third-order valence-electron chi connectivity index (χ3n) is 4.14. The average molecular weight is 314 g/mol. The van der Waals surface area contributed by atoms with Crippen molar-refractivity contribution in [2.45, 2.75) is 51.7 Å². The number of nitrogens with one attached hydrogen (secondary N) is 1. The summed E-state index contributed by atoms with van der Waals surface area (Å²) in [5, 5.41) is 3.93. The molecule has 1 fully saturated rings. The molecule has 2 atom stereocenters. The van der Waals surface area contributed by atoms with E-state index in [-0.39, 0.29) is 0 Å². The number of nitrogens with zero attached hydrogens (tertiary/aromatic N) is 2. The highest BCUT2D eigenvalue weighted by atomic mass is 35.5. The molecule has 1 aliphatic rings. The number of hydrogen-bond donors (Lipinski definition) is 1. The lowest BCUT2D eigenvalue weighted by Crippen LogP contribution is -2.38. The molecule has 1 aromatic heterocycles. The molecule has 0 saturated carbocycles. The van der Waals surface area contributed by atoms with Crippen LogP contribution in [0, 0.1) is 5.92 Å². The van der Waals surface area contributed by atoms with Gasteiger partial charge in [-0.15, -0.1) is 0 Å². The lowest BCUT2D eigenvalue weighted by Gasteiger charge is -2.34. The first-order valence-corrected chi connectivity index (χ1v) is 8.00. The molecule has 21 heavy (non-hydrogen) atoms. The van der Waals surface area contributed by atoms with E-state index in [1.54, 1.807) is 13.3 Å². The van der Waals surface area contributed by atoms with E-state index in [2.05, 4.69) is 29.1 Å². The molecule has 0 spiro atoms. The van der Waals surface area contributed by atoms with Gasteiger partial charge in [-0.05, 0) is 18.8 Å². The lowest BCUT2D eigenvalue weighted by molar-refractivity contribution is -0.0271. The molecule has 0 aliphatic carbocycles. The topological polar surface area (TPSA) is 56.3 Å². The van der Waals surface area contributed by atoms with Crippen molar-refractivity contribution in [2.24, 2.45) is 5.92 Å². The highest BCUT2D eigenvalue weighted by Gasteiger charge is 2.28. The Labute approximate surface area is 131 Å². The molecule has 5 nitrogen and oxygen atoms in total. The van der Waals surface area contributed by atoms with Crippen LogP contribution in [0.2, 0.25) is 5.02 Å². The van der Waals surface area contributed by atoms with E-state index < -0.39 is 0 Å². The summed E-state index contributed by atoms with van der Waals surface area (Å²) < 4.78 is 11.0. The van der Waals surface area contributed by atoms with Gasteiger partial charge in [-0.3, -0.25) is 0 Å². The van der Waals surface area contributed by atoms with Crippen LogP contribution >= 0.6 is 11.6 Å². The Morgan fingerprint density at radius 1 is 1.48 bits per heavy atom. The molecule has 0 radical (unpaired) electrons. The van der Waals surface area contributed by atoms with Crippen molar-refractivity contribution in [2.75, 3.05) is 19.0 Å². The van der Waals surface area contributed by atoms with Crippen LogP contribution in [0.1, 0.15) is 39.5 Å². The van der Waals surface area contributed by atoms with E-state index >= 15 is 0 Å². The molecular weight excluding hydrogens is 290 g/mol. The van der Waals surface area contributed by atoms with Crippen molar-refractivity contribution >= 4 is 17.4 Å². The van der Waals surface area contributed by atoms with Crippen molar-refractivity contribution in [3.8, 4) is 6.01 Å². The molecule has 118 valence electrons. The first-order chi connectivity index (χ1) is 10.2. The number of ether oxygens (including phenoxy) is 2. The van der Waals surface area contributed by atoms with E-state index in [4.69, 9.17) is 21.1 Å². The van der Waals surface area contributed by atoms with Crippen LogP contribution < -0.4 is 10.1 Å². The first-order valence-electron chi connectivity index (χ1n) is 7.62. The van der Waals surface area contributed by atoms with E-state index in [0.29, 0.717) is 34.9 Å². The van der Waals surface area contributed by atoms with Gasteiger partial charge in [0.2, 0.25) is 0 Å². The molecule has 0 amide bonds. The summed E-state index contributed by atoms with van der Waals surface area (Å²) in [6.07, 6.45) is 6.11. The van der Waals surface area contributed by atoms with Crippen LogP contribution in [-0.4, -0.2) is 35.8 Å². The summed E-state index contributed by atoms with van der Waals surface area (Å²) >= 11 is 6.15. The summed E-state index contributed by atoms with van der Waals surface area (Å²) in [4.78, 5) is 8.27. The predicted octanol–water partition coefficient (Wildman–Crippen LogP) is 3.53. The van der Waals surface area contributed by atoms with Gasteiger partial charge in [0.05, 0.1) is 19.4 Å². The van der Waals surface area contributed by atoms with Gasteiger partial charge in [0.15, 0.2) is 5.82 Å². The van der Waals surface area contributed by atoms with Crippen molar-refractivity contribution in [1.82, 2.24) is 9.97 Å². The van der Waals surface area contributed by atoms with Crippen LogP contribution in [0.5, 0.6) is 6.01 Å². The summed E-state index contributed by atoms with van der Waals surface area (Å²) in [6, 6.07) is 0.645. The Kier molecular flexibility index (Phi) is 6.06. The van der Waals surface area contributed by atoms with Crippen LogP contribution in [-0.2, 0) is 4.74 Å². The molecule has 0 bridgehead atoms. The molecule has 1 N–H and O–H groups in total. The van der Waals surface area contributed by atoms with Gasteiger partial charge in [0, 0.05) is 12.6 Å². The second-order valence-electron chi connectivity index (χ2n) is 5.40. The number of hydrogen-bond acceptors (Lipinski definition) is 5. The van der Waals surface area contributed by atoms with Gasteiger partial charge in [0.1, 0.15) is 5.02 Å². The van der Waals surface area contributed by atoms with Gasteiger partial charge in [-0.1, -0.05) is 38.3 Å². The Morgan fingerprint density at radius 2 is 2.24 bits per heavy atom. The van der Waals surface area contributed by atoms with Crippen LogP contribution in [0.3, 0.4) is 0 Å². The lowest BCUT2D eigenvalue weighted by atomic mass is 9.89. The number of methoxy groups -OCH3 is 1. The summed E-state index contributed by atoms with van der Waals surface area (Å²) in [7, 11) is 1.55. The molecule has 1 aromatic rings. The second-order valence-corrected chi connectivity index (χ2v) is 5.81. The Hall–Kier alpha value is -1.07. The maximum absolute atomic E-state index is 6.15. The minimum Gasteiger partial charge on any atom is -0.467 e. The van der Waals surface area contributed by atoms with E-state index in [9.17, 15) is 0 Å². The second kappa shape index (κ2) is 7.80. The Morgan fingerprint density at radius 3 is 2.90 bits per heavy atom. The van der Waals surface area contributed by atoms with Crippen LogP contribution in [0.15, 0.2) is 6.20 Å². The van der Waals surface area contributed by atoms with Crippen LogP contribution in [0.25, 0.3) is 0 Å². The normalized spacial score (nSPS) is 22.3. The zero-order valence-electron chi connectivity index (χ0n) is 12.9. The van der Waals surface area contributed by atoms with Crippen molar-refractivity contribution in [3.05, 3.63) is 11.2 Å².